The van der Waals surface area contributed by atoms with Crippen molar-refractivity contribution in [1.82, 2.24) is 14.6 Å². The van der Waals surface area contributed by atoms with Gasteiger partial charge in [0, 0.05) is 11.5 Å². The lowest BCUT2D eigenvalue weighted by Gasteiger charge is -2.16. The van der Waals surface area contributed by atoms with Crippen molar-refractivity contribution in [2.45, 2.75) is 51.0 Å². The molecule has 0 aliphatic heterocycles. The van der Waals surface area contributed by atoms with Crippen LogP contribution >= 0.6 is 11.3 Å². The molecular weight excluding hydrogens is 306 g/mol. The van der Waals surface area contributed by atoms with Gasteiger partial charge in [0.2, 0.25) is 4.96 Å². The first-order valence-corrected chi connectivity index (χ1v) is 9.26. The number of rotatable bonds is 3. The van der Waals surface area contributed by atoms with Crippen LogP contribution in [0, 0.1) is 0 Å². The summed E-state index contributed by atoms with van der Waals surface area (Å²) in [6.07, 6.45) is 7.39. The molecule has 3 aromatic rings. The highest BCUT2D eigenvalue weighted by atomic mass is 32.1. The van der Waals surface area contributed by atoms with E-state index < -0.39 is 0 Å². The third-order valence-corrected chi connectivity index (χ3v) is 6.08. The predicted octanol–water partition coefficient (Wildman–Crippen LogP) is 3.71. The summed E-state index contributed by atoms with van der Waals surface area (Å²) in [5.74, 6) is 0.625. The number of aliphatic hydroxyl groups excluding tert-OH is 1. The lowest BCUT2D eigenvalue weighted by molar-refractivity contribution is 0.275. The summed E-state index contributed by atoms with van der Waals surface area (Å²) in [5.41, 5.74) is 5.74. The van der Waals surface area contributed by atoms with Crippen molar-refractivity contribution in [2.24, 2.45) is 0 Å². The van der Waals surface area contributed by atoms with Gasteiger partial charge in [-0.2, -0.15) is 5.10 Å². The maximum absolute atomic E-state index is 9.87. The second-order valence-corrected chi connectivity index (χ2v) is 7.65. The summed E-state index contributed by atoms with van der Waals surface area (Å²) in [6.45, 7) is -0.0264. The van der Waals surface area contributed by atoms with Gasteiger partial charge < -0.3 is 5.11 Å². The summed E-state index contributed by atoms with van der Waals surface area (Å²) >= 11 is 1.67. The average molecular weight is 325 g/mol. The molecule has 0 unspecified atom stereocenters. The van der Waals surface area contributed by atoms with Crippen molar-refractivity contribution < 1.29 is 5.11 Å². The zero-order chi connectivity index (χ0) is 15.4. The summed E-state index contributed by atoms with van der Waals surface area (Å²) in [7, 11) is 0. The molecule has 5 heteroatoms. The zero-order valence-electron chi connectivity index (χ0n) is 13.0. The van der Waals surface area contributed by atoms with Crippen LogP contribution in [0.2, 0.25) is 0 Å². The lowest BCUT2D eigenvalue weighted by Crippen LogP contribution is -2.03. The number of hydrogen-bond donors (Lipinski definition) is 1. The van der Waals surface area contributed by atoms with Crippen LogP contribution in [0.4, 0.5) is 0 Å². The number of nitrogens with zero attached hydrogens (tertiary/aromatic N) is 3. The van der Waals surface area contributed by atoms with E-state index in [0.29, 0.717) is 5.92 Å². The third-order valence-electron chi connectivity index (χ3n) is 5.01. The van der Waals surface area contributed by atoms with E-state index in [-0.39, 0.29) is 6.61 Å². The van der Waals surface area contributed by atoms with Gasteiger partial charge in [0.25, 0.3) is 0 Å². The highest BCUT2D eigenvalue weighted by molar-refractivity contribution is 7.16. The van der Waals surface area contributed by atoms with E-state index in [1.807, 2.05) is 4.52 Å². The molecule has 1 N–H and O–H groups in total. The molecule has 2 heterocycles. The summed E-state index contributed by atoms with van der Waals surface area (Å²) in [5, 5.41) is 15.7. The molecule has 23 heavy (non-hydrogen) atoms. The van der Waals surface area contributed by atoms with Crippen LogP contribution in [0.5, 0.6) is 0 Å². The average Bonchev–Trinajstić information content (AvgIpc) is 3.26. The summed E-state index contributed by atoms with van der Waals surface area (Å²) < 4.78 is 1.85. The van der Waals surface area contributed by atoms with Crippen LogP contribution in [-0.2, 0) is 19.4 Å². The Balaban J connectivity index is 1.62. The number of fused-ring (bicyclic) bond motifs is 2. The number of imidazole rings is 1. The van der Waals surface area contributed by atoms with Crippen LogP contribution in [-0.4, -0.2) is 19.7 Å². The molecule has 5 rings (SSSR count). The van der Waals surface area contributed by atoms with Gasteiger partial charge in [0.05, 0.1) is 18.0 Å². The predicted molar refractivity (Wildman–Crippen MR) is 90.8 cm³/mol. The van der Waals surface area contributed by atoms with E-state index in [9.17, 15) is 5.11 Å². The van der Waals surface area contributed by atoms with E-state index in [1.165, 1.54) is 48.2 Å². The first kappa shape index (κ1) is 13.7. The standard InChI is InChI=1S/C18H19N3OS/c22-10-15-16(14-8-5-11-3-1-2-4-13(11)9-14)19-18-21(15)20-17(23-18)12-6-7-12/h5,8-9,12,22H,1-4,6-7,10H2. The van der Waals surface area contributed by atoms with Gasteiger partial charge in [0.15, 0.2) is 0 Å². The number of aliphatic hydroxyl groups is 1. The molecular formula is C18H19N3OS. The van der Waals surface area contributed by atoms with E-state index in [1.54, 1.807) is 11.3 Å². The summed E-state index contributed by atoms with van der Waals surface area (Å²) in [6, 6.07) is 6.65. The Labute approximate surface area is 138 Å². The molecule has 0 spiro atoms. The normalized spacial score (nSPS) is 17.6. The fourth-order valence-corrected chi connectivity index (χ4v) is 4.64. The molecule has 2 aliphatic carbocycles. The van der Waals surface area contributed by atoms with Crippen molar-refractivity contribution in [3.8, 4) is 11.3 Å². The molecule has 0 atom stereocenters. The Morgan fingerprint density at radius 2 is 2.00 bits per heavy atom. The van der Waals surface area contributed by atoms with Gasteiger partial charge in [-0.3, -0.25) is 0 Å². The third kappa shape index (κ3) is 2.22. The van der Waals surface area contributed by atoms with Gasteiger partial charge in [-0.05, 0) is 55.7 Å². The van der Waals surface area contributed by atoms with Gasteiger partial charge >= 0.3 is 0 Å². The molecule has 2 aliphatic rings. The van der Waals surface area contributed by atoms with Crippen molar-refractivity contribution in [3.63, 3.8) is 0 Å². The van der Waals surface area contributed by atoms with E-state index in [2.05, 4.69) is 18.2 Å². The maximum atomic E-state index is 9.87. The van der Waals surface area contributed by atoms with Crippen LogP contribution < -0.4 is 0 Å². The maximum Gasteiger partial charge on any atom is 0.213 e. The molecule has 0 saturated heterocycles. The SMILES string of the molecule is OCc1c(-c2ccc3c(c2)CCCC3)nc2sc(C3CC3)nn12. The van der Waals surface area contributed by atoms with Crippen LogP contribution in [0.15, 0.2) is 18.2 Å². The number of hydrogen-bond acceptors (Lipinski definition) is 4. The quantitative estimate of drug-likeness (QED) is 0.799. The van der Waals surface area contributed by atoms with Crippen LogP contribution in [0.3, 0.4) is 0 Å². The molecule has 1 saturated carbocycles. The molecule has 1 fully saturated rings. The van der Waals surface area contributed by atoms with Gasteiger partial charge in [-0.25, -0.2) is 9.50 Å². The molecule has 4 nitrogen and oxygen atoms in total. The molecule has 118 valence electrons. The minimum absolute atomic E-state index is 0.0264. The molecule has 2 aromatic heterocycles. The Morgan fingerprint density at radius 1 is 1.17 bits per heavy atom. The van der Waals surface area contributed by atoms with Crippen molar-refractivity contribution in [2.75, 3.05) is 0 Å². The Kier molecular flexibility index (Phi) is 3.06. The first-order chi connectivity index (χ1) is 11.3. The van der Waals surface area contributed by atoms with Gasteiger partial charge in [-0.15, -0.1) is 0 Å². The monoisotopic (exact) mass is 325 g/mol. The topological polar surface area (TPSA) is 50.4 Å². The van der Waals surface area contributed by atoms with E-state index in [0.717, 1.165) is 28.3 Å². The number of aryl methyl sites for hydroxylation is 2. The zero-order valence-corrected chi connectivity index (χ0v) is 13.8. The van der Waals surface area contributed by atoms with Crippen LogP contribution in [0.25, 0.3) is 16.2 Å². The number of benzene rings is 1. The van der Waals surface area contributed by atoms with Crippen LogP contribution in [0.1, 0.15) is 53.4 Å². The highest BCUT2D eigenvalue weighted by Gasteiger charge is 2.29. The fraction of sp³-hybridized carbons (Fsp3) is 0.444. The summed E-state index contributed by atoms with van der Waals surface area (Å²) in [4.78, 5) is 5.70. The molecule has 0 bridgehead atoms. The van der Waals surface area contributed by atoms with Gasteiger partial charge in [-0.1, -0.05) is 23.5 Å². The Hall–Kier alpha value is -1.72. The minimum Gasteiger partial charge on any atom is -0.390 e. The fourth-order valence-electron chi connectivity index (χ4n) is 3.55. The van der Waals surface area contributed by atoms with E-state index >= 15 is 0 Å². The smallest absolute Gasteiger partial charge is 0.213 e. The molecule has 0 amide bonds. The second-order valence-electron chi connectivity index (χ2n) is 6.66. The highest BCUT2D eigenvalue weighted by Crippen LogP contribution is 2.42. The van der Waals surface area contributed by atoms with E-state index in [4.69, 9.17) is 10.1 Å². The largest absolute Gasteiger partial charge is 0.390 e. The first-order valence-electron chi connectivity index (χ1n) is 8.45. The number of aromatic nitrogens is 3. The van der Waals surface area contributed by atoms with Crippen molar-refractivity contribution in [3.05, 3.63) is 40.0 Å². The van der Waals surface area contributed by atoms with Crippen molar-refractivity contribution >= 4 is 16.3 Å². The van der Waals surface area contributed by atoms with Gasteiger partial charge in [0.1, 0.15) is 5.01 Å². The van der Waals surface area contributed by atoms with Crippen molar-refractivity contribution in [1.29, 1.82) is 0 Å². The minimum atomic E-state index is -0.0264. The Morgan fingerprint density at radius 3 is 2.78 bits per heavy atom. The lowest BCUT2D eigenvalue weighted by atomic mass is 9.90. The Bertz CT molecular complexity index is 891. The second kappa shape index (κ2) is 5.14. The molecule has 0 radical (unpaired) electrons. The molecule has 1 aromatic carbocycles.